The van der Waals surface area contributed by atoms with Crippen LogP contribution in [0.5, 0.6) is 0 Å². The molecular weight excluding hydrogens is 252 g/mol. The number of hydrogen-bond acceptors (Lipinski definition) is 4. The summed E-state index contributed by atoms with van der Waals surface area (Å²) in [5, 5.41) is 3.12. The number of nitrogens with two attached hydrogens (primary N) is 1. The number of fused-ring (bicyclic) bond motifs is 2. The Morgan fingerprint density at radius 3 is 2.95 bits per heavy atom. The highest BCUT2D eigenvalue weighted by Gasteiger charge is 2.42. The Bertz CT molecular complexity index is 504. The zero-order valence-corrected chi connectivity index (χ0v) is 11.8. The van der Waals surface area contributed by atoms with Crippen molar-refractivity contribution in [3.63, 3.8) is 0 Å². The Balaban J connectivity index is 1.66. The third-order valence-electron chi connectivity index (χ3n) is 5.01. The number of hydrazine groups is 1. The SMILES string of the molecule is CC(NC(=O)c1cnccc1NN)C1CC2CCC1C2. The zero-order chi connectivity index (χ0) is 14.1. The molecule has 1 amide bonds. The molecule has 2 aliphatic rings. The molecule has 4 unspecified atom stereocenters. The van der Waals surface area contributed by atoms with Gasteiger partial charge in [-0.25, -0.2) is 0 Å². The third kappa shape index (κ3) is 2.38. The molecule has 5 nitrogen and oxygen atoms in total. The Kier molecular flexibility index (Phi) is 3.61. The number of anilines is 1. The Hall–Kier alpha value is -1.62. The van der Waals surface area contributed by atoms with Crippen LogP contribution in [-0.4, -0.2) is 16.9 Å². The van der Waals surface area contributed by atoms with E-state index in [1.165, 1.54) is 25.7 Å². The largest absolute Gasteiger partial charge is 0.349 e. The predicted molar refractivity (Wildman–Crippen MR) is 77.9 cm³/mol. The Morgan fingerprint density at radius 2 is 2.30 bits per heavy atom. The van der Waals surface area contributed by atoms with Gasteiger partial charge in [0.05, 0.1) is 11.3 Å². The molecule has 108 valence electrons. The predicted octanol–water partition coefficient (Wildman–Crippen LogP) is 1.92. The molecule has 3 rings (SSSR count). The second-order valence-corrected chi connectivity index (χ2v) is 6.17. The van der Waals surface area contributed by atoms with E-state index in [0.717, 1.165) is 11.8 Å². The maximum absolute atomic E-state index is 12.4. The van der Waals surface area contributed by atoms with Gasteiger partial charge in [0.2, 0.25) is 0 Å². The summed E-state index contributed by atoms with van der Waals surface area (Å²) in [6.07, 6.45) is 8.50. The van der Waals surface area contributed by atoms with Crippen molar-refractivity contribution >= 4 is 11.6 Å². The number of carbonyl (C=O) groups excluding carboxylic acids is 1. The number of pyridine rings is 1. The van der Waals surface area contributed by atoms with E-state index in [2.05, 4.69) is 22.7 Å². The quantitative estimate of drug-likeness (QED) is 0.579. The fourth-order valence-corrected chi connectivity index (χ4v) is 4.00. The van der Waals surface area contributed by atoms with E-state index in [1.54, 1.807) is 18.5 Å². The van der Waals surface area contributed by atoms with Crippen LogP contribution in [0.1, 0.15) is 43.0 Å². The zero-order valence-electron chi connectivity index (χ0n) is 11.8. The van der Waals surface area contributed by atoms with Gasteiger partial charge in [0.1, 0.15) is 0 Å². The topological polar surface area (TPSA) is 80.0 Å². The molecular formula is C15H22N4O. The first-order valence-corrected chi connectivity index (χ1v) is 7.40. The number of nitrogens with one attached hydrogen (secondary N) is 2. The standard InChI is InChI=1S/C15H22N4O/c1-9(12-7-10-2-3-11(12)6-10)18-15(20)13-8-17-5-4-14(13)19-16/h4-5,8-12H,2-3,6-7,16H2,1H3,(H,17,19)(H,18,20). The van der Waals surface area contributed by atoms with E-state index >= 15 is 0 Å². The number of rotatable bonds is 4. The molecule has 2 fully saturated rings. The second kappa shape index (κ2) is 5.40. The lowest BCUT2D eigenvalue weighted by atomic mass is 9.84. The van der Waals surface area contributed by atoms with Gasteiger partial charge >= 0.3 is 0 Å². The molecule has 1 heterocycles. The molecule has 0 radical (unpaired) electrons. The van der Waals surface area contributed by atoms with Gasteiger partial charge in [-0.3, -0.25) is 15.6 Å². The van der Waals surface area contributed by atoms with Gasteiger partial charge in [-0.15, -0.1) is 0 Å². The summed E-state index contributed by atoms with van der Waals surface area (Å²) in [6, 6.07) is 1.92. The molecule has 4 atom stereocenters. The number of aromatic nitrogens is 1. The van der Waals surface area contributed by atoms with Gasteiger partial charge in [-0.05, 0) is 50.0 Å². The van der Waals surface area contributed by atoms with Crippen molar-refractivity contribution in [1.82, 2.24) is 10.3 Å². The van der Waals surface area contributed by atoms with Gasteiger partial charge in [0.15, 0.2) is 0 Å². The molecule has 0 spiro atoms. The van der Waals surface area contributed by atoms with Crippen LogP contribution in [0.4, 0.5) is 5.69 Å². The second-order valence-electron chi connectivity index (χ2n) is 6.17. The van der Waals surface area contributed by atoms with Crippen LogP contribution >= 0.6 is 0 Å². The molecule has 1 aromatic heterocycles. The van der Waals surface area contributed by atoms with Gasteiger partial charge in [-0.2, -0.15) is 0 Å². The summed E-state index contributed by atoms with van der Waals surface area (Å²) >= 11 is 0. The lowest BCUT2D eigenvalue weighted by molar-refractivity contribution is 0.0915. The summed E-state index contributed by atoms with van der Waals surface area (Å²) in [7, 11) is 0. The molecule has 1 aromatic rings. The van der Waals surface area contributed by atoms with E-state index in [0.29, 0.717) is 17.2 Å². The van der Waals surface area contributed by atoms with E-state index < -0.39 is 0 Å². The van der Waals surface area contributed by atoms with Crippen molar-refractivity contribution in [1.29, 1.82) is 0 Å². The normalized spacial score (nSPS) is 29.2. The van der Waals surface area contributed by atoms with Gasteiger partial charge < -0.3 is 10.7 Å². The summed E-state index contributed by atoms with van der Waals surface area (Å²) < 4.78 is 0. The minimum absolute atomic E-state index is 0.0960. The molecule has 0 saturated heterocycles. The number of nitrogens with zero attached hydrogens (tertiary/aromatic N) is 1. The van der Waals surface area contributed by atoms with Crippen molar-refractivity contribution < 1.29 is 4.79 Å². The van der Waals surface area contributed by atoms with Gasteiger partial charge in [0, 0.05) is 18.4 Å². The van der Waals surface area contributed by atoms with Crippen molar-refractivity contribution in [3.05, 3.63) is 24.0 Å². The highest BCUT2D eigenvalue weighted by Crippen LogP contribution is 2.49. The van der Waals surface area contributed by atoms with Crippen LogP contribution in [0.3, 0.4) is 0 Å². The molecule has 4 N–H and O–H groups in total. The lowest BCUT2D eigenvalue weighted by Crippen LogP contribution is -2.40. The minimum Gasteiger partial charge on any atom is -0.349 e. The first-order chi connectivity index (χ1) is 9.69. The summed E-state index contributed by atoms with van der Waals surface area (Å²) in [4.78, 5) is 16.4. The lowest BCUT2D eigenvalue weighted by Gasteiger charge is -2.28. The van der Waals surface area contributed by atoms with Gasteiger partial charge in [0.25, 0.3) is 5.91 Å². The van der Waals surface area contributed by atoms with Crippen molar-refractivity contribution in [3.8, 4) is 0 Å². The highest BCUT2D eigenvalue weighted by atomic mass is 16.1. The van der Waals surface area contributed by atoms with Crippen molar-refractivity contribution in [2.24, 2.45) is 23.6 Å². The average Bonchev–Trinajstić information content (AvgIpc) is 3.09. The maximum atomic E-state index is 12.4. The van der Waals surface area contributed by atoms with E-state index in [9.17, 15) is 4.79 Å². The smallest absolute Gasteiger partial charge is 0.255 e. The number of hydrogen-bond donors (Lipinski definition) is 3. The molecule has 5 heteroatoms. The van der Waals surface area contributed by atoms with Crippen LogP contribution < -0.4 is 16.6 Å². The number of amides is 1. The summed E-state index contributed by atoms with van der Waals surface area (Å²) in [5.74, 6) is 7.66. The number of nitrogen functional groups attached to an aromatic ring is 1. The third-order valence-corrected chi connectivity index (χ3v) is 5.01. The van der Waals surface area contributed by atoms with E-state index in [1.807, 2.05) is 0 Å². The van der Waals surface area contributed by atoms with Crippen LogP contribution in [-0.2, 0) is 0 Å². The fourth-order valence-electron chi connectivity index (χ4n) is 4.00. The van der Waals surface area contributed by atoms with E-state index in [4.69, 9.17) is 5.84 Å². The minimum atomic E-state index is -0.0960. The first-order valence-electron chi connectivity index (χ1n) is 7.40. The molecule has 2 saturated carbocycles. The molecule has 0 aromatic carbocycles. The summed E-state index contributed by atoms with van der Waals surface area (Å²) in [5.41, 5.74) is 3.66. The Morgan fingerprint density at radius 1 is 1.45 bits per heavy atom. The molecule has 0 aliphatic heterocycles. The van der Waals surface area contributed by atoms with E-state index in [-0.39, 0.29) is 11.9 Å². The van der Waals surface area contributed by atoms with Crippen molar-refractivity contribution in [2.45, 2.75) is 38.6 Å². The van der Waals surface area contributed by atoms with Crippen LogP contribution in [0.25, 0.3) is 0 Å². The Labute approximate surface area is 119 Å². The molecule has 2 bridgehead atoms. The summed E-state index contributed by atoms with van der Waals surface area (Å²) in [6.45, 7) is 2.12. The fraction of sp³-hybridized carbons (Fsp3) is 0.600. The van der Waals surface area contributed by atoms with Crippen molar-refractivity contribution in [2.75, 3.05) is 5.43 Å². The average molecular weight is 274 g/mol. The number of carbonyl (C=O) groups is 1. The van der Waals surface area contributed by atoms with Crippen LogP contribution in [0.2, 0.25) is 0 Å². The first kappa shape index (κ1) is 13.4. The highest BCUT2D eigenvalue weighted by molar-refractivity contribution is 5.99. The monoisotopic (exact) mass is 274 g/mol. The molecule has 20 heavy (non-hydrogen) atoms. The van der Waals surface area contributed by atoms with Crippen LogP contribution in [0.15, 0.2) is 18.5 Å². The maximum Gasteiger partial charge on any atom is 0.255 e. The van der Waals surface area contributed by atoms with Crippen LogP contribution in [0, 0.1) is 17.8 Å². The van der Waals surface area contributed by atoms with Gasteiger partial charge in [-0.1, -0.05) is 6.42 Å². The molecule has 2 aliphatic carbocycles.